The van der Waals surface area contributed by atoms with Crippen LogP contribution in [0, 0.1) is 6.92 Å². The Kier molecular flexibility index (Phi) is 8.71. The predicted molar refractivity (Wildman–Crippen MR) is 147 cm³/mol. The van der Waals surface area contributed by atoms with Crippen molar-refractivity contribution in [1.82, 2.24) is 15.6 Å². The fourth-order valence-corrected chi connectivity index (χ4v) is 4.36. The number of fused-ring (bicyclic) bond motifs is 1. The molecule has 178 valence electrons. The van der Waals surface area contributed by atoms with Crippen molar-refractivity contribution in [3.63, 3.8) is 0 Å². The molecule has 1 aliphatic rings. The number of halogens is 1. The van der Waals surface area contributed by atoms with Gasteiger partial charge < -0.3 is 30.0 Å². The van der Waals surface area contributed by atoms with Gasteiger partial charge in [0, 0.05) is 73.7 Å². The van der Waals surface area contributed by atoms with Crippen molar-refractivity contribution < 1.29 is 9.47 Å². The van der Waals surface area contributed by atoms with Gasteiger partial charge >= 0.3 is 0 Å². The highest BCUT2D eigenvalue weighted by molar-refractivity contribution is 14.0. The number of nitrogens with one attached hydrogen (secondary N) is 3. The Hall–Kier alpha value is -2.62. The summed E-state index contributed by atoms with van der Waals surface area (Å²) in [5, 5.41) is 8.35. The quantitative estimate of drug-likeness (QED) is 0.230. The third-order valence-electron chi connectivity index (χ3n) is 6.15. The van der Waals surface area contributed by atoms with Gasteiger partial charge in [0.05, 0.1) is 14.2 Å². The highest BCUT2D eigenvalue weighted by atomic mass is 127. The first-order valence-corrected chi connectivity index (χ1v) is 11.1. The maximum Gasteiger partial charge on any atom is 0.191 e. The Labute approximate surface area is 213 Å². The second kappa shape index (κ2) is 11.5. The van der Waals surface area contributed by atoms with Crippen molar-refractivity contribution in [2.24, 2.45) is 4.99 Å². The van der Waals surface area contributed by atoms with Gasteiger partial charge in [-0.15, -0.1) is 24.0 Å². The van der Waals surface area contributed by atoms with E-state index in [2.05, 4.69) is 69.0 Å². The van der Waals surface area contributed by atoms with Gasteiger partial charge in [0.1, 0.15) is 11.5 Å². The Balaban J connectivity index is 0.00000306. The number of para-hydroxylation sites is 1. The van der Waals surface area contributed by atoms with E-state index in [0.29, 0.717) is 6.04 Å². The van der Waals surface area contributed by atoms with Crippen LogP contribution < -0.4 is 25.0 Å². The second-order valence-corrected chi connectivity index (χ2v) is 8.21. The molecule has 1 saturated heterocycles. The molecule has 1 fully saturated rings. The molecule has 8 heteroatoms. The first-order chi connectivity index (χ1) is 15.6. The summed E-state index contributed by atoms with van der Waals surface area (Å²) in [6.07, 6.45) is 4.10. The number of aromatic nitrogens is 1. The maximum absolute atomic E-state index is 5.42. The topological polar surface area (TPSA) is 73.9 Å². The van der Waals surface area contributed by atoms with Gasteiger partial charge in [-0.3, -0.25) is 4.99 Å². The number of H-pyrrole nitrogens is 1. The van der Waals surface area contributed by atoms with E-state index in [4.69, 9.17) is 9.47 Å². The molecule has 33 heavy (non-hydrogen) atoms. The summed E-state index contributed by atoms with van der Waals surface area (Å²) in [5.74, 6) is 2.46. The average Bonchev–Trinajstić information content (AvgIpc) is 3.46. The zero-order valence-electron chi connectivity index (χ0n) is 19.8. The number of rotatable bonds is 7. The molecule has 0 bridgehead atoms. The van der Waals surface area contributed by atoms with E-state index in [-0.39, 0.29) is 24.0 Å². The van der Waals surface area contributed by atoms with Crippen molar-refractivity contribution in [2.75, 3.05) is 45.8 Å². The van der Waals surface area contributed by atoms with Crippen LogP contribution in [-0.2, 0) is 6.42 Å². The number of hydrogen-bond donors (Lipinski definition) is 3. The number of ether oxygens (including phenoxy) is 2. The van der Waals surface area contributed by atoms with E-state index in [9.17, 15) is 0 Å². The molecule has 1 atom stereocenters. The number of guanidine groups is 1. The first-order valence-electron chi connectivity index (χ1n) is 11.1. The number of nitrogens with zero attached hydrogens (tertiary/aromatic N) is 2. The Morgan fingerprint density at radius 2 is 1.94 bits per heavy atom. The number of aromatic amines is 1. The lowest BCUT2D eigenvalue weighted by Gasteiger charge is -2.21. The highest BCUT2D eigenvalue weighted by Crippen LogP contribution is 2.30. The van der Waals surface area contributed by atoms with Gasteiger partial charge in [-0.25, -0.2) is 0 Å². The molecule has 0 saturated carbocycles. The minimum atomic E-state index is 0. The van der Waals surface area contributed by atoms with Crippen LogP contribution in [0.5, 0.6) is 11.5 Å². The first kappa shape index (κ1) is 25.0. The molecule has 1 aromatic heterocycles. The molecule has 0 spiro atoms. The zero-order chi connectivity index (χ0) is 22.5. The van der Waals surface area contributed by atoms with Gasteiger partial charge in [0.2, 0.25) is 0 Å². The largest absolute Gasteiger partial charge is 0.497 e. The number of methoxy groups -OCH3 is 2. The molecule has 2 aromatic carbocycles. The third-order valence-corrected chi connectivity index (χ3v) is 6.15. The summed E-state index contributed by atoms with van der Waals surface area (Å²) in [7, 11) is 5.18. The molecular weight excluding hydrogens is 529 g/mol. The van der Waals surface area contributed by atoms with E-state index in [0.717, 1.165) is 55.6 Å². The second-order valence-electron chi connectivity index (χ2n) is 8.21. The fourth-order valence-electron chi connectivity index (χ4n) is 4.36. The zero-order valence-corrected chi connectivity index (χ0v) is 22.1. The monoisotopic (exact) mass is 563 g/mol. The minimum absolute atomic E-state index is 0. The number of hydrogen-bond acceptors (Lipinski definition) is 4. The molecule has 0 radical (unpaired) electrons. The fraction of sp³-hybridized carbons (Fsp3) is 0.400. The average molecular weight is 563 g/mol. The van der Waals surface area contributed by atoms with Crippen LogP contribution in [-0.4, -0.2) is 57.9 Å². The van der Waals surface area contributed by atoms with Gasteiger partial charge in [0.15, 0.2) is 5.96 Å². The number of benzene rings is 2. The normalized spacial score (nSPS) is 15.9. The summed E-state index contributed by atoms with van der Waals surface area (Å²) >= 11 is 0. The lowest BCUT2D eigenvalue weighted by Crippen LogP contribution is -2.45. The molecule has 0 amide bonds. The molecule has 1 aliphatic heterocycles. The standard InChI is InChI=1S/C25H33N5O2.HI/c1-17-6-5-7-23-18(15-28-24(17)23)8-10-27-25(26-2)29-19-9-11-30(16-19)20-12-21(31-3)14-22(13-20)32-4;/h5-7,12-15,19,28H,8-11,16H2,1-4H3,(H2,26,27,29);1H. The van der Waals surface area contributed by atoms with Crippen LogP contribution in [0.25, 0.3) is 10.9 Å². The predicted octanol–water partition coefficient (Wildman–Crippen LogP) is 4.10. The summed E-state index contributed by atoms with van der Waals surface area (Å²) in [5.41, 5.74) is 4.94. The van der Waals surface area contributed by atoms with E-state index in [1.54, 1.807) is 14.2 Å². The maximum atomic E-state index is 5.42. The molecule has 3 N–H and O–H groups in total. The van der Waals surface area contributed by atoms with Crippen LogP contribution in [0.4, 0.5) is 5.69 Å². The number of aliphatic imine (C=N–C) groups is 1. The van der Waals surface area contributed by atoms with Crippen molar-refractivity contribution in [3.05, 3.63) is 53.7 Å². The Bertz CT molecular complexity index is 1080. The molecule has 7 nitrogen and oxygen atoms in total. The van der Waals surface area contributed by atoms with Crippen molar-refractivity contribution in [2.45, 2.75) is 25.8 Å². The van der Waals surface area contributed by atoms with Crippen molar-refractivity contribution in [3.8, 4) is 11.5 Å². The van der Waals surface area contributed by atoms with Crippen LogP contribution in [0.3, 0.4) is 0 Å². The van der Waals surface area contributed by atoms with E-state index < -0.39 is 0 Å². The molecule has 4 rings (SSSR count). The SMILES string of the molecule is CN=C(NCCc1c[nH]c2c(C)cccc12)NC1CCN(c2cc(OC)cc(OC)c2)C1.I. The minimum Gasteiger partial charge on any atom is -0.497 e. The van der Waals surface area contributed by atoms with Crippen molar-refractivity contribution >= 4 is 46.5 Å². The van der Waals surface area contributed by atoms with Crippen LogP contribution in [0.2, 0.25) is 0 Å². The summed E-state index contributed by atoms with van der Waals surface area (Å²) in [4.78, 5) is 10.2. The number of aryl methyl sites for hydroxylation is 1. The van der Waals surface area contributed by atoms with E-state index >= 15 is 0 Å². The van der Waals surface area contributed by atoms with E-state index in [1.165, 1.54) is 22.0 Å². The summed E-state index contributed by atoms with van der Waals surface area (Å²) < 4.78 is 10.8. The third kappa shape index (κ3) is 5.85. The van der Waals surface area contributed by atoms with Gasteiger partial charge in [-0.2, -0.15) is 0 Å². The Morgan fingerprint density at radius 1 is 1.18 bits per heavy atom. The van der Waals surface area contributed by atoms with Crippen LogP contribution >= 0.6 is 24.0 Å². The molecule has 3 aromatic rings. The number of anilines is 1. The lowest BCUT2D eigenvalue weighted by atomic mass is 10.1. The smallest absolute Gasteiger partial charge is 0.191 e. The molecule has 2 heterocycles. The van der Waals surface area contributed by atoms with Crippen molar-refractivity contribution in [1.29, 1.82) is 0 Å². The van der Waals surface area contributed by atoms with Crippen LogP contribution in [0.15, 0.2) is 47.6 Å². The van der Waals surface area contributed by atoms with Crippen LogP contribution in [0.1, 0.15) is 17.5 Å². The van der Waals surface area contributed by atoms with E-state index in [1.807, 2.05) is 13.1 Å². The highest BCUT2D eigenvalue weighted by Gasteiger charge is 2.24. The summed E-state index contributed by atoms with van der Waals surface area (Å²) in [6, 6.07) is 12.8. The van der Waals surface area contributed by atoms with Gasteiger partial charge in [-0.05, 0) is 30.9 Å². The molecule has 0 aliphatic carbocycles. The lowest BCUT2D eigenvalue weighted by molar-refractivity contribution is 0.394. The molecule has 1 unspecified atom stereocenters. The Morgan fingerprint density at radius 3 is 2.64 bits per heavy atom. The van der Waals surface area contributed by atoms with Gasteiger partial charge in [0.25, 0.3) is 0 Å². The summed E-state index contributed by atoms with van der Waals surface area (Å²) in [6.45, 7) is 4.83. The molecular formula is C25H34IN5O2. The van der Waals surface area contributed by atoms with Gasteiger partial charge in [-0.1, -0.05) is 18.2 Å².